The summed E-state index contributed by atoms with van der Waals surface area (Å²) in [5, 5.41) is 9.17. The molecule has 2 N–H and O–H groups in total. The number of nitrogens with zero attached hydrogens (tertiary/aromatic N) is 2. The molecular weight excluding hydrogens is 253 g/mol. The molecule has 0 amide bonds. The van der Waals surface area contributed by atoms with Crippen LogP contribution in [0.1, 0.15) is 24.1 Å². The van der Waals surface area contributed by atoms with E-state index in [9.17, 15) is 9.65 Å². The fourth-order valence-electron chi connectivity index (χ4n) is 2.26. The molecule has 0 aliphatic carbocycles. The van der Waals surface area contributed by atoms with Gasteiger partial charge in [0.1, 0.15) is 11.9 Å². The predicted molar refractivity (Wildman–Crippen MR) is 78.2 cm³/mol. The molecule has 1 atom stereocenters. The zero-order valence-electron chi connectivity index (χ0n) is 11.5. The Morgan fingerprint density at radius 2 is 1.80 bits per heavy atom. The van der Waals surface area contributed by atoms with Crippen LogP contribution in [0.15, 0.2) is 42.5 Å². The Hall–Kier alpha value is -2.38. The van der Waals surface area contributed by atoms with E-state index in [2.05, 4.69) is 6.07 Å². The molecule has 0 radical (unpaired) electrons. The minimum absolute atomic E-state index is 0.334. The summed E-state index contributed by atoms with van der Waals surface area (Å²) in [6.45, 7) is 1.74. The average molecular weight is 269 g/mol. The highest BCUT2D eigenvalue weighted by Gasteiger charge is 2.17. The summed E-state index contributed by atoms with van der Waals surface area (Å²) in [5.41, 5.74) is 8.25. The number of anilines is 2. The van der Waals surface area contributed by atoms with Crippen molar-refractivity contribution < 1.29 is 4.39 Å². The molecule has 0 fully saturated rings. The Balaban J connectivity index is 2.57. The highest BCUT2D eigenvalue weighted by atomic mass is 19.1. The van der Waals surface area contributed by atoms with Crippen LogP contribution < -0.4 is 10.6 Å². The van der Waals surface area contributed by atoms with Crippen molar-refractivity contribution in [1.82, 2.24) is 0 Å². The first kappa shape index (κ1) is 14.0. The lowest BCUT2D eigenvalue weighted by Gasteiger charge is -2.25. The molecule has 0 saturated carbocycles. The molecular formula is C16H16FN3. The van der Waals surface area contributed by atoms with Crippen LogP contribution in [0, 0.1) is 17.1 Å². The Bertz CT molecular complexity index is 659. The molecule has 2 aromatic rings. The van der Waals surface area contributed by atoms with Crippen LogP contribution in [0.2, 0.25) is 0 Å². The van der Waals surface area contributed by atoms with E-state index in [1.807, 2.05) is 12.1 Å². The molecule has 0 spiro atoms. The normalized spacial score (nSPS) is 11.8. The van der Waals surface area contributed by atoms with Gasteiger partial charge in [-0.3, -0.25) is 0 Å². The number of para-hydroxylation sites is 1. The van der Waals surface area contributed by atoms with E-state index in [1.54, 1.807) is 43.1 Å². The Labute approximate surface area is 118 Å². The monoisotopic (exact) mass is 269 g/mol. The zero-order chi connectivity index (χ0) is 14.7. The molecule has 4 heteroatoms. The first-order valence-electron chi connectivity index (χ1n) is 6.33. The van der Waals surface area contributed by atoms with E-state index in [4.69, 9.17) is 5.73 Å². The van der Waals surface area contributed by atoms with Crippen molar-refractivity contribution in [3.63, 3.8) is 0 Å². The fraction of sp³-hybridized carbons (Fsp3) is 0.188. The molecule has 102 valence electrons. The van der Waals surface area contributed by atoms with E-state index in [-0.39, 0.29) is 5.82 Å². The van der Waals surface area contributed by atoms with Gasteiger partial charge in [0, 0.05) is 24.3 Å². The molecule has 20 heavy (non-hydrogen) atoms. The first-order valence-corrected chi connectivity index (χ1v) is 6.33. The molecule has 0 aliphatic heterocycles. The van der Waals surface area contributed by atoms with Gasteiger partial charge in [-0.15, -0.1) is 0 Å². The number of nitriles is 1. The maximum atomic E-state index is 14.0. The fourth-order valence-corrected chi connectivity index (χ4v) is 2.26. The lowest BCUT2D eigenvalue weighted by Crippen LogP contribution is -2.17. The van der Waals surface area contributed by atoms with Gasteiger partial charge in [0.2, 0.25) is 0 Å². The number of hydrogen-bond donors (Lipinski definition) is 1. The van der Waals surface area contributed by atoms with Gasteiger partial charge in [0.05, 0.1) is 11.3 Å². The second kappa shape index (κ2) is 5.72. The van der Waals surface area contributed by atoms with E-state index in [0.29, 0.717) is 16.8 Å². The summed E-state index contributed by atoms with van der Waals surface area (Å²) >= 11 is 0. The summed E-state index contributed by atoms with van der Waals surface area (Å²) < 4.78 is 14.0. The molecule has 0 unspecified atom stereocenters. The van der Waals surface area contributed by atoms with Crippen molar-refractivity contribution in [2.45, 2.75) is 13.0 Å². The van der Waals surface area contributed by atoms with Gasteiger partial charge in [-0.05, 0) is 31.2 Å². The van der Waals surface area contributed by atoms with Gasteiger partial charge in [0.25, 0.3) is 0 Å². The second-order valence-corrected chi connectivity index (χ2v) is 4.65. The van der Waals surface area contributed by atoms with E-state index >= 15 is 0 Å². The number of hydrogen-bond acceptors (Lipinski definition) is 3. The van der Waals surface area contributed by atoms with Crippen molar-refractivity contribution in [2.75, 3.05) is 11.9 Å². The first-order chi connectivity index (χ1) is 9.56. The maximum Gasteiger partial charge on any atom is 0.130 e. The quantitative estimate of drug-likeness (QED) is 0.928. The van der Waals surface area contributed by atoms with Crippen molar-refractivity contribution >= 4 is 11.4 Å². The van der Waals surface area contributed by atoms with Gasteiger partial charge in [-0.2, -0.15) is 5.26 Å². The van der Waals surface area contributed by atoms with Crippen molar-refractivity contribution in [1.29, 1.82) is 5.26 Å². The Morgan fingerprint density at radius 3 is 2.45 bits per heavy atom. The Morgan fingerprint density at radius 1 is 1.15 bits per heavy atom. The Kier molecular flexibility index (Phi) is 4.02. The third-order valence-corrected chi connectivity index (χ3v) is 3.23. The number of rotatable bonds is 3. The van der Waals surface area contributed by atoms with Crippen molar-refractivity contribution in [2.24, 2.45) is 5.73 Å². The third-order valence-electron chi connectivity index (χ3n) is 3.23. The smallest absolute Gasteiger partial charge is 0.130 e. The molecule has 2 aromatic carbocycles. The minimum atomic E-state index is -0.428. The van der Waals surface area contributed by atoms with Gasteiger partial charge in [-0.25, -0.2) is 4.39 Å². The number of benzene rings is 2. The predicted octanol–water partition coefficient (Wildman–Crippen LogP) is 3.48. The standard InChI is InChI=1S/C16H16FN3/c1-11(19)16-13(17)7-5-9-15(16)20(2)14-8-4-3-6-12(14)10-18/h3-9,11H,19H2,1-2H3/t11-/m1/s1. The van der Waals surface area contributed by atoms with E-state index in [0.717, 1.165) is 5.69 Å². The largest absolute Gasteiger partial charge is 0.343 e. The molecule has 0 saturated heterocycles. The highest BCUT2D eigenvalue weighted by Crippen LogP contribution is 2.33. The second-order valence-electron chi connectivity index (χ2n) is 4.65. The van der Waals surface area contributed by atoms with E-state index in [1.165, 1.54) is 6.07 Å². The summed E-state index contributed by atoms with van der Waals surface area (Å²) in [6.07, 6.45) is 0. The molecule has 0 aromatic heterocycles. The zero-order valence-corrected chi connectivity index (χ0v) is 11.5. The molecule has 0 heterocycles. The summed E-state index contributed by atoms with van der Waals surface area (Å²) in [4.78, 5) is 1.79. The average Bonchev–Trinajstić information content (AvgIpc) is 2.45. The van der Waals surface area contributed by atoms with Gasteiger partial charge in [0.15, 0.2) is 0 Å². The topological polar surface area (TPSA) is 53.0 Å². The molecule has 0 bridgehead atoms. The van der Waals surface area contributed by atoms with Crippen LogP contribution in [0.25, 0.3) is 0 Å². The van der Waals surface area contributed by atoms with Crippen LogP contribution >= 0.6 is 0 Å². The number of halogens is 1. The lowest BCUT2D eigenvalue weighted by molar-refractivity contribution is 0.594. The van der Waals surface area contributed by atoms with Crippen LogP contribution in [-0.2, 0) is 0 Å². The van der Waals surface area contributed by atoms with Gasteiger partial charge >= 0.3 is 0 Å². The van der Waals surface area contributed by atoms with Crippen LogP contribution in [-0.4, -0.2) is 7.05 Å². The van der Waals surface area contributed by atoms with Gasteiger partial charge < -0.3 is 10.6 Å². The van der Waals surface area contributed by atoms with Crippen LogP contribution in [0.3, 0.4) is 0 Å². The maximum absolute atomic E-state index is 14.0. The summed E-state index contributed by atoms with van der Waals surface area (Å²) in [7, 11) is 1.80. The van der Waals surface area contributed by atoms with Crippen molar-refractivity contribution in [3.8, 4) is 6.07 Å². The third kappa shape index (κ3) is 2.49. The van der Waals surface area contributed by atoms with Crippen molar-refractivity contribution in [3.05, 3.63) is 59.4 Å². The highest BCUT2D eigenvalue weighted by molar-refractivity contribution is 5.71. The lowest BCUT2D eigenvalue weighted by atomic mass is 10.0. The van der Waals surface area contributed by atoms with Gasteiger partial charge in [-0.1, -0.05) is 18.2 Å². The minimum Gasteiger partial charge on any atom is -0.343 e. The van der Waals surface area contributed by atoms with E-state index < -0.39 is 6.04 Å². The van der Waals surface area contributed by atoms with Crippen LogP contribution in [0.4, 0.5) is 15.8 Å². The summed E-state index contributed by atoms with van der Waals surface area (Å²) in [5.74, 6) is -0.334. The molecule has 2 rings (SSSR count). The number of nitrogens with two attached hydrogens (primary N) is 1. The molecule has 0 aliphatic rings. The SMILES string of the molecule is C[C@@H](N)c1c(F)cccc1N(C)c1ccccc1C#N. The molecule has 3 nitrogen and oxygen atoms in total. The summed E-state index contributed by atoms with van der Waals surface area (Å²) in [6, 6.07) is 13.8. The van der Waals surface area contributed by atoms with Crippen LogP contribution in [0.5, 0.6) is 0 Å².